The zero-order valence-electron chi connectivity index (χ0n) is 10.4. The molecule has 0 radical (unpaired) electrons. The molecule has 7 nitrogen and oxygen atoms in total. The van der Waals surface area contributed by atoms with Gasteiger partial charge in [-0.25, -0.2) is 13.1 Å². The van der Waals surface area contributed by atoms with Gasteiger partial charge in [-0.05, 0) is 18.8 Å². The molecule has 2 heterocycles. The van der Waals surface area contributed by atoms with Crippen LogP contribution in [0.25, 0.3) is 0 Å². The summed E-state index contributed by atoms with van der Waals surface area (Å²) in [6.07, 6.45) is 3.23. The molecular formula is C10H19N5O2S. The van der Waals surface area contributed by atoms with Gasteiger partial charge in [-0.15, -0.1) is 5.10 Å². The van der Waals surface area contributed by atoms with Gasteiger partial charge in [0.1, 0.15) is 0 Å². The van der Waals surface area contributed by atoms with E-state index in [1.165, 1.54) is 0 Å². The van der Waals surface area contributed by atoms with E-state index in [4.69, 9.17) is 5.84 Å². The van der Waals surface area contributed by atoms with Crippen LogP contribution in [0.1, 0.15) is 31.5 Å². The van der Waals surface area contributed by atoms with Crippen LogP contribution >= 0.6 is 0 Å². The van der Waals surface area contributed by atoms with Crippen molar-refractivity contribution >= 4 is 9.84 Å². The summed E-state index contributed by atoms with van der Waals surface area (Å²) in [7, 11) is -2.91. The molecule has 18 heavy (non-hydrogen) atoms. The lowest BCUT2D eigenvalue weighted by molar-refractivity contribution is 0.370. The van der Waals surface area contributed by atoms with Crippen LogP contribution in [-0.2, 0) is 16.4 Å². The number of nitrogens with one attached hydrogen (secondary N) is 1. The Balaban J connectivity index is 2.20. The number of hydrogen-bond acceptors (Lipinski definition) is 6. The Morgan fingerprint density at radius 2 is 2.44 bits per heavy atom. The van der Waals surface area contributed by atoms with Gasteiger partial charge in [0.2, 0.25) is 0 Å². The Hall–Kier alpha value is -0.990. The molecule has 1 aliphatic heterocycles. The number of aromatic nitrogens is 3. The van der Waals surface area contributed by atoms with Gasteiger partial charge in [0.25, 0.3) is 0 Å². The standard InChI is InChI=1S/C10H19N5O2S/c1-2-4-15-9(6-12-14-15)10(13-11)8-3-5-18(16,17)7-8/h6,8,10,13H,2-5,7,11H2,1H3. The van der Waals surface area contributed by atoms with Gasteiger partial charge in [0.05, 0.1) is 29.4 Å². The van der Waals surface area contributed by atoms with Crippen molar-refractivity contribution < 1.29 is 8.42 Å². The van der Waals surface area contributed by atoms with Crippen molar-refractivity contribution in [3.8, 4) is 0 Å². The molecule has 0 spiro atoms. The highest BCUT2D eigenvalue weighted by Gasteiger charge is 2.35. The van der Waals surface area contributed by atoms with Crippen LogP contribution in [0.2, 0.25) is 0 Å². The molecule has 8 heteroatoms. The zero-order valence-corrected chi connectivity index (χ0v) is 11.2. The van der Waals surface area contributed by atoms with Crippen molar-refractivity contribution in [1.29, 1.82) is 0 Å². The van der Waals surface area contributed by atoms with Gasteiger partial charge in [0, 0.05) is 6.54 Å². The predicted octanol–water partition coefficient (Wildman–Crippen LogP) is -0.373. The highest BCUT2D eigenvalue weighted by Crippen LogP contribution is 2.30. The number of hydrazine groups is 1. The maximum Gasteiger partial charge on any atom is 0.150 e. The lowest BCUT2D eigenvalue weighted by Gasteiger charge is -2.21. The van der Waals surface area contributed by atoms with Gasteiger partial charge in [-0.2, -0.15) is 0 Å². The quantitative estimate of drug-likeness (QED) is 0.560. The van der Waals surface area contributed by atoms with Gasteiger partial charge in [0.15, 0.2) is 9.84 Å². The van der Waals surface area contributed by atoms with Crippen molar-refractivity contribution in [3.05, 3.63) is 11.9 Å². The fourth-order valence-electron chi connectivity index (χ4n) is 2.44. The summed E-state index contributed by atoms with van der Waals surface area (Å²) in [6, 6.07) is -0.205. The van der Waals surface area contributed by atoms with E-state index in [9.17, 15) is 8.42 Å². The van der Waals surface area contributed by atoms with Crippen molar-refractivity contribution in [1.82, 2.24) is 20.4 Å². The number of aryl methyl sites for hydroxylation is 1. The molecule has 1 aliphatic rings. The minimum atomic E-state index is -2.91. The van der Waals surface area contributed by atoms with E-state index in [-0.39, 0.29) is 23.5 Å². The second-order valence-corrected chi connectivity index (χ2v) is 6.92. The molecule has 1 saturated heterocycles. The fraction of sp³-hybridized carbons (Fsp3) is 0.800. The smallest absolute Gasteiger partial charge is 0.150 e. The molecule has 2 unspecified atom stereocenters. The second-order valence-electron chi connectivity index (χ2n) is 4.69. The molecule has 3 N–H and O–H groups in total. The summed E-state index contributed by atoms with van der Waals surface area (Å²) in [6.45, 7) is 2.81. The van der Waals surface area contributed by atoms with Gasteiger partial charge < -0.3 is 0 Å². The second kappa shape index (κ2) is 5.33. The van der Waals surface area contributed by atoms with Crippen LogP contribution in [0.15, 0.2) is 6.20 Å². The van der Waals surface area contributed by atoms with E-state index >= 15 is 0 Å². The average Bonchev–Trinajstić information content (AvgIpc) is 2.89. The third kappa shape index (κ3) is 2.70. The molecule has 0 aromatic carbocycles. The molecule has 1 aromatic rings. The Bertz CT molecular complexity index is 498. The first-order valence-corrected chi connectivity index (χ1v) is 7.94. The summed E-state index contributed by atoms with van der Waals surface area (Å²) < 4.78 is 24.9. The molecule has 1 fully saturated rings. The molecule has 0 aliphatic carbocycles. The van der Waals surface area contributed by atoms with Crippen LogP contribution < -0.4 is 11.3 Å². The third-order valence-corrected chi connectivity index (χ3v) is 5.11. The normalized spacial score (nSPS) is 24.2. The van der Waals surface area contributed by atoms with Crippen molar-refractivity contribution in [2.45, 2.75) is 32.4 Å². The molecule has 0 saturated carbocycles. The van der Waals surface area contributed by atoms with Crippen molar-refractivity contribution in [2.24, 2.45) is 11.8 Å². The first-order valence-electron chi connectivity index (χ1n) is 6.12. The summed E-state index contributed by atoms with van der Waals surface area (Å²) in [5.41, 5.74) is 3.58. The topological polar surface area (TPSA) is 103 Å². The lowest BCUT2D eigenvalue weighted by atomic mass is 9.97. The maximum atomic E-state index is 11.5. The number of hydrogen-bond donors (Lipinski definition) is 2. The van der Waals surface area contributed by atoms with Crippen LogP contribution in [0.5, 0.6) is 0 Å². The average molecular weight is 273 g/mol. The zero-order chi connectivity index (χ0) is 13.2. The van der Waals surface area contributed by atoms with Crippen LogP contribution in [0.4, 0.5) is 0 Å². The summed E-state index contributed by atoms with van der Waals surface area (Å²) in [5.74, 6) is 6.00. The third-order valence-electron chi connectivity index (χ3n) is 3.32. The monoisotopic (exact) mass is 273 g/mol. The lowest BCUT2D eigenvalue weighted by Crippen LogP contribution is -2.35. The molecule has 2 rings (SSSR count). The number of nitrogens with zero attached hydrogens (tertiary/aromatic N) is 3. The highest BCUT2D eigenvalue weighted by molar-refractivity contribution is 7.91. The maximum absolute atomic E-state index is 11.5. The summed E-state index contributed by atoms with van der Waals surface area (Å²) in [4.78, 5) is 0. The van der Waals surface area contributed by atoms with Gasteiger partial charge in [-0.3, -0.25) is 11.3 Å². The fourth-order valence-corrected chi connectivity index (χ4v) is 4.28. The molecule has 2 atom stereocenters. The Morgan fingerprint density at radius 1 is 1.67 bits per heavy atom. The SMILES string of the molecule is CCCn1nncc1C(NN)C1CCS(=O)(=O)C1. The number of nitrogens with two attached hydrogens (primary N) is 1. The molecule has 0 bridgehead atoms. The van der Waals surface area contributed by atoms with Crippen LogP contribution in [0, 0.1) is 5.92 Å². The van der Waals surface area contributed by atoms with Gasteiger partial charge >= 0.3 is 0 Å². The molecular weight excluding hydrogens is 254 g/mol. The van der Waals surface area contributed by atoms with Gasteiger partial charge in [-0.1, -0.05) is 12.1 Å². The molecule has 102 valence electrons. The van der Waals surface area contributed by atoms with E-state index in [0.29, 0.717) is 6.42 Å². The minimum absolute atomic E-state index is 0.00546. The summed E-state index contributed by atoms with van der Waals surface area (Å²) in [5, 5.41) is 7.89. The number of rotatable bonds is 5. The minimum Gasteiger partial charge on any atom is -0.271 e. The summed E-state index contributed by atoms with van der Waals surface area (Å²) >= 11 is 0. The van der Waals surface area contributed by atoms with E-state index in [2.05, 4.69) is 22.7 Å². The highest BCUT2D eigenvalue weighted by atomic mass is 32.2. The van der Waals surface area contributed by atoms with Crippen LogP contribution in [0.3, 0.4) is 0 Å². The van der Waals surface area contributed by atoms with Crippen molar-refractivity contribution in [2.75, 3.05) is 11.5 Å². The van der Waals surface area contributed by atoms with E-state index < -0.39 is 9.84 Å². The van der Waals surface area contributed by atoms with Crippen molar-refractivity contribution in [3.63, 3.8) is 0 Å². The Morgan fingerprint density at radius 3 is 3.00 bits per heavy atom. The van der Waals surface area contributed by atoms with Crippen LogP contribution in [-0.4, -0.2) is 34.9 Å². The van der Waals surface area contributed by atoms with E-state index in [0.717, 1.165) is 18.7 Å². The Labute approximate surface area is 107 Å². The van der Waals surface area contributed by atoms with E-state index in [1.54, 1.807) is 10.9 Å². The molecule has 1 aromatic heterocycles. The first-order chi connectivity index (χ1) is 8.57. The molecule has 0 amide bonds. The first kappa shape index (κ1) is 13.4. The van der Waals surface area contributed by atoms with E-state index in [1.807, 2.05) is 0 Å². The Kier molecular flexibility index (Phi) is 3.98. The predicted molar refractivity (Wildman–Crippen MR) is 67.1 cm³/mol. The number of sulfone groups is 1. The largest absolute Gasteiger partial charge is 0.271 e.